The van der Waals surface area contributed by atoms with Gasteiger partial charge in [0.2, 0.25) is 6.43 Å². The Morgan fingerprint density at radius 1 is 1.16 bits per heavy atom. The fourth-order valence-corrected chi connectivity index (χ4v) is 4.11. The van der Waals surface area contributed by atoms with Crippen LogP contribution in [0.15, 0.2) is 45.9 Å². The third kappa shape index (κ3) is 3.61. The van der Waals surface area contributed by atoms with Crippen LogP contribution in [0.3, 0.4) is 0 Å². The van der Waals surface area contributed by atoms with Crippen LogP contribution in [-0.2, 0) is 12.0 Å². The van der Waals surface area contributed by atoms with Crippen molar-refractivity contribution in [3.8, 4) is 0 Å². The molecule has 0 amide bonds. The van der Waals surface area contributed by atoms with Gasteiger partial charge in [0.15, 0.2) is 0 Å². The lowest BCUT2D eigenvalue weighted by Crippen LogP contribution is -2.36. The number of nitrogens with two attached hydrogens (primary N) is 1. The molecule has 2 nitrogen and oxygen atoms in total. The van der Waals surface area contributed by atoms with Crippen molar-refractivity contribution in [2.45, 2.75) is 24.8 Å². The maximum absolute atomic E-state index is 14.0. The van der Waals surface area contributed by atoms with Crippen molar-refractivity contribution < 1.29 is 8.78 Å². The van der Waals surface area contributed by atoms with Crippen LogP contribution >= 0.6 is 39.1 Å². The lowest BCUT2D eigenvalue weighted by Gasteiger charge is -2.28. The second-order valence-corrected chi connectivity index (χ2v) is 7.79. The van der Waals surface area contributed by atoms with Crippen molar-refractivity contribution >= 4 is 44.8 Å². The van der Waals surface area contributed by atoms with Crippen LogP contribution in [0, 0.1) is 0 Å². The summed E-state index contributed by atoms with van der Waals surface area (Å²) < 4.78 is 28.9. The highest BCUT2D eigenvalue weighted by atomic mass is 79.9. The molecule has 25 heavy (non-hydrogen) atoms. The summed E-state index contributed by atoms with van der Waals surface area (Å²) in [5, 5.41) is 0.678. The van der Waals surface area contributed by atoms with Crippen molar-refractivity contribution in [2.24, 2.45) is 10.7 Å². The van der Waals surface area contributed by atoms with E-state index in [0.29, 0.717) is 27.9 Å². The van der Waals surface area contributed by atoms with E-state index in [4.69, 9.17) is 28.9 Å². The third-order valence-corrected chi connectivity index (χ3v) is 5.67. The summed E-state index contributed by atoms with van der Waals surface area (Å²) in [6.45, 7) is 0.391. The van der Waals surface area contributed by atoms with E-state index < -0.39 is 11.8 Å². The molecule has 0 aromatic heterocycles. The van der Waals surface area contributed by atoms with E-state index in [1.165, 1.54) is 6.07 Å². The molecule has 132 valence electrons. The second kappa shape index (κ2) is 7.31. The molecular weight excluding hydrogens is 433 g/mol. The largest absolute Gasteiger partial charge is 0.326 e. The van der Waals surface area contributed by atoms with Crippen LogP contribution in [0.4, 0.5) is 8.78 Å². The average Bonchev–Trinajstić information content (AvgIpc) is 3.00. The van der Waals surface area contributed by atoms with E-state index in [9.17, 15) is 8.78 Å². The minimum Gasteiger partial charge on any atom is -0.326 e. The zero-order chi connectivity index (χ0) is 18.2. The number of hydrogen-bond donors (Lipinski definition) is 1. The molecule has 0 aliphatic carbocycles. The minimum atomic E-state index is -2.59. The fraction of sp³-hybridized carbons (Fsp3) is 0.278. The van der Waals surface area contributed by atoms with Crippen molar-refractivity contribution in [1.82, 2.24) is 0 Å². The van der Waals surface area contributed by atoms with E-state index in [-0.39, 0.29) is 13.0 Å². The van der Waals surface area contributed by atoms with Crippen LogP contribution in [0.1, 0.15) is 23.1 Å². The number of alkyl halides is 2. The van der Waals surface area contributed by atoms with Gasteiger partial charge in [0, 0.05) is 33.2 Å². The molecule has 0 radical (unpaired) electrons. The minimum absolute atomic E-state index is 0.00701. The van der Waals surface area contributed by atoms with Gasteiger partial charge in [0.1, 0.15) is 0 Å². The Morgan fingerprint density at radius 2 is 1.84 bits per heavy atom. The Labute approximate surface area is 163 Å². The topological polar surface area (TPSA) is 38.4 Å². The molecule has 0 saturated heterocycles. The van der Waals surface area contributed by atoms with Crippen LogP contribution in [0.5, 0.6) is 0 Å². The van der Waals surface area contributed by atoms with Crippen molar-refractivity contribution in [2.75, 3.05) is 6.54 Å². The van der Waals surface area contributed by atoms with E-state index in [2.05, 4.69) is 20.9 Å². The molecule has 2 N–H and O–H groups in total. The van der Waals surface area contributed by atoms with Crippen LogP contribution in [0.2, 0.25) is 10.0 Å². The summed E-state index contributed by atoms with van der Waals surface area (Å²) in [6.07, 6.45) is -2.47. The number of rotatable bonds is 4. The van der Waals surface area contributed by atoms with Gasteiger partial charge in [-0.3, -0.25) is 4.99 Å². The molecule has 0 fully saturated rings. The highest BCUT2D eigenvalue weighted by Gasteiger charge is 2.46. The van der Waals surface area contributed by atoms with E-state index in [0.717, 1.165) is 15.6 Å². The molecule has 1 unspecified atom stereocenters. The molecule has 1 atom stereocenters. The summed E-state index contributed by atoms with van der Waals surface area (Å²) in [5.74, 6) is 0. The maximum Gasteiger partial charge on any atom is 0.250 e. The molecule has 0 bridgehead atoms. The summed E-state index contributed by atoms with van der Waals surface area (Å²) in [6, 6.07) is 10.2. The summed E-state index contributed by atoms with van der Waals surface area (Å²) in [5.41, 5.74) is 7.05. The van der Waals surface area contributed by atoms with E-state index in [1.807, 2.05) is 18.2 Å². The van der Waals surface area contributed by atoms with E-state index >= 15 is 0 Å². The molecule has 1 heterocycles. The Balaban J connectivity index is 1.97. The lowest BCUT2D eigenvalue weighted by atomic mass is 9.77. The quantitative estimate of drug-likeness (QED) is 0.649. The summed E-state index contributed by atoms with van der Waals surface area (Å²) in [7, 11) is 0. The number of aliphatic imine (C=N–C) groups is 1. The molecular formula is C18H15BrCl2F2N2. The normalized spacial score (nSPS) is 20.2. The lowest BCUT2D eigenvalue weighted by molar-refractivity contribution is 0.0617. The van der Waals surface area contributed by atoms with Gasteiger partial charge in [-0.05, 0) is 41.0 Å². The monoisotopic (exact) mass is 446 g/mol. The molecule has 1 aliphatic rings. The first-order valence-electron chi connectivity index (χ1n) is 7.62. The molecule has 3 rings (SSSR count). The van der Waals surface area contributed by atoms with Crippen molar-refractivity contribution in [1.29, 1.82) is 0 Å². The smallest absolute Gasteiger partial charge is 0.250 e. The number of halogens is 5. The Kier molecular flexibility index (Phi) is 5.49. The zero-order valence-corrected chi connectivity index (χ0v) is 16.2. The van der Waals surface area contributed by atoms with Crippen molar-refractivity contribution in [3.63, 3.8) is 0 Å². The van der Waals surface area contributed by atoms with Crippen molar-refractivity contribution in [3.05, 3.63) is 67.6 Å². The first kappa shape index (κ1) is 18.8. The first-order valence-corrected chi connectivity index (χ1v) is 9.17. The predicted molar refractivity (Wildman–Crippen MR) is 102 cm³/mol. The number of benzene rings is 2. The molecule has 2 aromatic carbocycles. The fourth-order valence-electron chi connectivity index (χ4n) is 3.04. The Bertz CT molecular complexity index is 822. The molecule has 2 aromatic rings. The highest BCUT2D eigenvalue weighted by molar-refractivity contribution is 9.10. The van der Waals surface area contributed by atoms with Gasteiger partial charge in [-0.25, -0.2) is 8.78 Å². The zero-order valence-electron chi connectivity index (χ0n) is 13.1. The molecule has 7 heteroatoms. The standard InChI is InChI=1S/C18H15BrCl2F2N2/c19-15-3-10(1-2-11(15)8-24)16-7-18(9-25-16,17(22)23)12-4-13(20)6-14(21)5-12/h1-6,17H,7-9,24H2. The summed E-state index contributed by atoms with van der Waals surface area (Å²) >= 11 is 15.5. The Morgan fingerprint density at radius 3 is 2.40 bits per heavy atom. The molecule has 1 aliphatic heterocycles. The number of nitrogens with zero attached hydrogens (tertiary/aromatic N) is 1. The van der Waals surface area contributed by atoms with E-state index in [1.54, 1.807) is 12.1 Å². The van der Waals surface area contributed by atoms with Gasteiger partial charge in [0.05, 0.1) is 12.0 Å². The van der Waals surface area contributed by atoms with Gasteiger partial charge in [-0.15, -0.1) is 0 Å². The van der Waals surface area contributed by atoms with Crippen LogP contribution < -0.4 is 5.73 Å². The van der Waals surface area contributed by atoms with Crippen LogP contribution in [0.25, 0.3) is 0 Å². The van der Waals surface area contributed by atoms with Gasteiger partial charge >= 0.3 is 0 Å². The van der Waals surface area contributed by atoms with Gasteiger partial charge in [0.25, 0.3) is 0 Å². The number of hydrogen-bond acceptors (Lipinski definition) is 2. The first-order chi connectivity index (χ1) is 11.9. The van der Waals surface area contributed by atoms with Gasteiger partial charge in [-0.1, -0.05) is 51.3 Å². The SMILES string of the molecule is NCc1ccc(C2=NCC(c3cc(Cl)cc(Cl)c3)(C(F)F)C2)cc1Br. The summed E-state index contributed by atoms with van der Waals surface area (Å²) in [4.78, 5) is 4.41. The Hall–Kier alpha value is -1.01. The second-order valence-electron chi connectivity index (χ2n) is 6.06. The molecule has 0 saturated carbocycles. The maximum atomic E-state index is 14.0. The molecule has 0 spiro atoms. The van der Waals surface area contributed by atoms with Gasteiger partial charge < -0.3 is 5.73 Å². The third-order valence-electron chi connectivity index (χ3n) is 4.50. The average molecular weight is 448 g/mol. The van der Waals surface area contributed by atoms with Crippen LogP contribution in [-0.4, -0.2) is 18.7 Å². The predicted octanol–water partition coefficient (Wildman–Crippen LogP) is 5.61. The highest BCUT2D eigenvalue weighted by Crippen LogP contribution is 2.42. The van der Waals surface area contributed by atoms with Gasteiger partial charge in [-0.2, -0.15) is 0 Å².